The fraction of sp³-hybridized carbons (Fsp3) is 1.00. The molecule has 16 heavy (non-hydrogen) atoms. The molecule has 2 heteroatoms. The lowest BCUT2D eigenvalue weighted by Gasteiger charge is -2.32. The molecule has 3 aliphatic rings. The highest BCUT2D eigenvalue weighted by atomic mass is 16.5. The second-order valence-corrected chi connectivity index (χ2v) is 6.08. The molecule has 0 unspecified atom stereocenters. The minimum absolute atomic E-state index is 0.540. The van der Waals surface area contributed by atoms with Crippen molar-refractivity contribution in [2.45, 2.75) is 69.6 Å². The summed E-state index contributed by atoms with van der Waals surface area (Å²) in [5.74, 6) is 2.07. The van der Waals surface area contributed by atoms with Gasteiger partial charge in [0.15, 0.2) is 0 Å². The number of methoxy groups -OCH3 is 1. The van der Waals surface area contributed by atoms with E-state index >= 15 is 0 Å². The van der Waals surface area contributed by atoms with Gasteiger partial charge in [-0.25, -0.2) is 0 Å². The van der Waals surface area contributed by atoms with E-state index in [0.717, 1.165) is 23.9 Å². The van der Waals surface area contributed by atoms with Crippen LogP contribution in [0.1, 0.15) is 51.4 Å². The van der Waals surface area contributed by atoms with E-state index in [9.17, 15) is 0 Å². The second kappa shape index (κ2) is 4.66. The molecule has 0 aliphatic heterocycles. The number of hydrogen-bond donors (Lipinski definition) is 1. The highest BCUT2D eigenvalue weighted by Gasteiger charge is 2.42. The molecule has 2 nitrogen and oxygen atoms in total. The van der Waals surface area contributed by atoms with Gasteiger partial charge in [-0.05, 0) is 63.2 Å². The van der Waals surface area contributed by atoms with E-state index in [4.69, 9.17) is 4.74 Å². The third-order valence-electron chi connectivity index (χ3n) is 4.70. The zero-order chi connectivity index (χ0) is 11.0. The molecule has 0 aromatic carbocycles. The molecule has 0 heterocycles. The van der Waals surface area contributed by atoms with Crippen LogP contribution in [-0.4, -0.2) is 25.3 Å². The molecule has 0 bridgehead atoms. The minimum Gasteiger partial charge on any atom is -0.381 e. The van der Waals surface area contributed by atoms with Gasteiger partial charge in [0.05, 0.1) is 6.10 Å². The highest BCUT2D eigenvalue weighted by Crippen LogP contribution is 2.45. The molecule has 3 fully saturated rings. The summed E-state index contributed by atoms with van der Waals surface area (Å²) in [6.07, 6.45) is 11.7. The summed E-state index contributed by atoms with van der Waals surface area (Å²) in [4.78, 5) is 0. The Kier molecular flexibility index (Phi) is 3.21. The van der Waals surface area contributed by atoms with E-state index in [-0.39, 0.29) is 0 Å². The monoisotopic (exact) mass is 223 g/mol. The fourth-order valence-electron chi connectivity index (χ4n) is 3.31. The van der Waals surface area contributed by atoms with Crippen molar-refractivity contribution < 1.29 is 4.74 Å². The molecular formula is C14H25NO. The van der Waals surface area contributed by atoms with Crippen LogP contribution in [0.5, 0.6) is 0 Å². The first-order valence-corrected chi connectivity index (χ1v) is 7.15. The Labute approximate surface area is 99.1 Å². The first kappa shape index (κ1) is 11.0. The number of rotatable bonds is 5. The van der Waals surface area contributed by atoms with Crippen LogP contribution in [-0.2, 0) is 4.74 Å². The van der Waals surface area contributed by atoms with Gasteiger partial charge >= 0.3 is 0 Å². The summed E-state index contributed by atoms with van der Waals surface area (Å²) < 4.78 is 5.44. The van der Waals surface area contributed by atoms with Gasteiger partial charge in [0, 0.05) is 19.2 Å². The summed E-state index contributed by atoms with van der Waals surface area (Å²) in [6.45, 7) is 0. The van der Waals surface area contributed by atoms with Crippen molar-refractivity contribution in [1.82, 2.24) is 5.32 Å². The fourth-order valence-corrected chi connectivity index (χ4v) is 3.31. The second-order valence-electron chi connectivity index (χ2n) is 6.08. The summed E-state index contributed by atoms with van der Waals surface area (Å²) in [5.41, 5.74) is 0. The molecule has 0 saturated heterocycles. The van der Waals surface area contributed by atoms with Gasteiger partial charge < -0.3 is 10.1 Å². The minimum atomic E-state index is 0.540. The van der Waals surface area contributed by atoms with Crippen LogP contribution < -0.4 is 5.32 Å². The Balaban J connectivity index is 1.46. The van der Waals surface area contributed by atoms with Gasteiger partial charge in [0.25, 0.3) is 0 Å². The molecule has 0 aromatic rings. The maximum Gasteiger partial charge on any atom is 0.0572 e. The standard InChI is InChI=1S/C14H25NO/c1-16-13-8-6-12(7-9-13)15-14(10-2-3-10)11-4-5-11/h10-15H,2-9H2,1H3. The van der Waals surface area contributed by atoms with Crippen molar-refractivity contribution in [2.75, 3.05) is 7.11 Å². The van der Waals surface area contributed by atoms with E-state index in [2.05, 4.69) is 5.32 Å². The van der Waals surface area contributed by atoms with Crippen molar-refractivity contribution in [3.05, 3.63) is 0 Å². The average molecular weight is 223 g/mol. The molecule has 0 atom stereocenters. The van der Waals surface area contributed by atoms with E-state index in [1.807, 2.05) is 7.11 Å². The zero-order valence-electron chi connectivity index (χ0n) is 10.5. The highest BCUT2D eigenvalue weighted by molar-refractivity contribution is 4.98. The lowest BCUT2D eigenvalue weighted by atomic mass is 9.91. The van der Waals surface area contributed by atoms with Crippen molar-refractivity contribution in [1.29, 1.82) is 0 Å². The third kappa shape index (κ3) is 2.60. The van der Waals surface area contributed by atoms with Gasteiger partial charge in [-0.3, -0.25) is 0 Å². The van der Waals surface area contributed by atoms with Crippen LogP contribution in [0.4, 0.5) is 0 Å². The summed E-state index contributed by atoms with van der Waals surface area (Å²) in [7, 11) is 1.86. The first-order valence-electron chi connectivity index (χ1n) is 7.15. The Bertz CT molecular complexity index is 215. The number of nitrogens with one attached hydrogen (secondary N) is 1. The molecule has 1 N–H and O–H groups in total. The summed E-state index contributed by atoms with van der Waals surface area (Å²) in [6, 6.07) is 1.67. The van der Waals surface area contributed by atoms with Crippen LogP contribution in [0.15, 0.2) is 0 Å². The van der Waals surface area contributed by atoms with Crippen molar-refractivity contribution in [2.24, 2.45) is 11.8 Å². The molecule has 0 radical (unpaired) electrons. The Morgan fingerprint density at radius 1 is 0.875 bits per heavy atom. The van der Waals surface area contributed by atoms with Gasteiger partial charge in [-0.15, -0.1) is 0 Å². The van der Waals surface area contributed by atoms with Crippen LogP contribution in [0.2, 0.25) is 0 Å². The average Bonchev–Trinajstić information content (AvgIpc) is 3.19. The van der Waals surface area contributed by atoms with Crippen molar-refractivity contribution in [3.8, 4) is 0 Å². The van der Waals surface area contributed by atoms with Crippen LogP contribution in [0, 0.1) is 11.8 Å². The SMILES string of the molecule is COC1CCC(NC(C2CC2)C2CC2)CC1. The smallest absolute Gasteiger partial charge is 0.0572 e. The van der Waals surface area contributed by atoms with Crippen molar-refractivity contribution >= 4 is 0 Å². The van der Waals surface area contributed by atoms with Gasteiger partial charge in [-0.1, -0.05) is 0 Å². The van der Waals surface area contributed by atoms with Crippen LogP contribution >= 0.6 is 0 Å². The quantitative estimate of drug-likeness (QED) is 0.774. The zero-order valence-corrected chi connectivity index (χ0v) is 10.5. The Hall–Kier alpha value is -0.0800. The maximum absolute atomic E-state index is 5.44. The Morgan fingerprint density at radius 2 is 1.44 bits per heavy atom. The predicted molar refractivity (Wildman–Crippen MR) is 65.4 cm³/mol. The molecule has 0 spiro atoms. The van der Waals surface area contributed by atoms with Gasteiger partial charge in [0.2, 0.25) is 0 Å². The molecular weight excluding hydrogens is 198 g/mol. The third-order valence-corrected chi connectivity index (χ3v) is 4.70. The van der Waals surface area contributed by atoms with E-state index < -0.39 is 0 Å². The molecule has 0 amide bonds. The van der Waals surface area contributed by atoms with E-state index in [1.54, 1.807) is 0 Å². The normalized spacial score (nSPS) is 35.6. The molecule has 92 valence electrons. The molecule has 3 rings (SSSR count). The molecule has 3 saturated carbocycles. The van der Waals surface area contributed by atoms with Crippen LogP contribution in [0.3, 0.4) is 0 Å². The first-order chi connectivity index (χ1) is 7.86. The lowest BCUT2D eigenvalue weighted by Crippen LogP contribution is -2.43. The number of ether oxygens (including phenoxy) is 1. The van der Waals surface area contributed by atoms with Gasteiger partial charge in [-0.2, -0.15) is 0 Å². The summed E-state index contributed by atoms with van der Waals surface area (Å²) >= 11 is 0. The molecule has 0 aromatic heterocycles. The van der Waals surface area contributed by atoms with E-state index in [1.165, 1.54) is 51.4 Å². The predicted octanol–water partition coefficient (Wildman–Crippen LogP) is 2.72. The maximum atomic E-state index is 5.44. The van der Waals surface area contributed by atoms with Crippen LogP contribution in [0.25, 0.3) is 0 Å². The summed E-state index contributed by atoms with van der Waals surface area (Å²) in [5, 5.41) is 3.97. The Morgan fingerprint density at radius 3 is 1.88 bits per heavy atom. The number of hydrogen-bond acceptors (Lipinski definition) is 2. The largest absolute Gasteiger partial charge is 0.381 e. The molecule has 3 aliphatic carbocycles. The van der Waals surface area contributed by atoms with Crippen molar-refractivity contribution in [3.63, 3.8) is 0 Å². The topological polar surface area (TPSA) is 21.3 Å². The lowest BCUT2D eigenvalue weighted by molar-refractivity contribution is 0.0602. The van der Waals surface area contributed by atoms with Gasteiger partial charge in [0.1, 0.15) is 0 Å². The van der Waals surface area contributed by atoms with E-state index in [0.29, 0.717) is 6.10 Å².